The minimum Gasteiger partial charge on any atom is -0.381 e. The molecule has 142 valence electrons. The van der Waals surface area contributed by atoms with Gasteiger partial charge in [-0.1, -0.05) is 12.1 Å². The van der Waals surface area contributed by atoms with Crippen molar-refractivity contribution in [3.63, 3.8) is 0 Å². The van der Waals surface area contributed by atoms with Gasteiger partial charge in [0, 0.05) is 43.3 Å². The highest BCUT2D eigenvalue weighted by atomic mass is 19.1. The summed E-state index contributed by atoms with van der Waals surface area (Å²) in [5, 5.41) is 2.95. The normalized spacial score (nSPS) is 19.4. The second-order valence-corrected chi connectivity index (χ2v) is 7.08. The molecule has 0 bridgehead atoms. The number of ether oxygens (including phenoxy) is 1. The van der Waals surface area contributed by atoms with Gasteiger partial charge >= 0.3 is 0 Å². The number of nitrogens with zero attached hydrogens (tertiary/aromatic N) is 3. The molecule has 0 unspecified atom stereocenters. The number of hydrogen-bond donors (Lipinski definition) is 1. The highest BCUT2D eigenvalue weighted by Crippen LogP contribution is 2.24. The van der Waals surface area contributed by atoms with Crippen LogP contribution >= 0.6 is 0 Å². The second kappa shape index (κ2) is 8.00. The van der Waals surface area contributed by atoms with Crippen molar-refractivity contribution in [3.8, 4) is 11.4 Å². The molecule has 6 nitrogen and oxygen atoms in total. The first-order valence-corrected chi connectivity index (χ1v) is 9.44. The van der Waals surface area contributed by atoms with E-state index in [9.17, 15) is 9.18 Å². The van der Waals surface area contributed by atoms with Crippen LogP contribution in [0.15, 0.2) is 30.5 Å². The molecule has 1 amide bonds. The molecular weight excluding hydrogens is 347 g/mol. The van der Waals surface area contributed by atoms with Gasteiger partial charge in [-0.15, -0.1) is 0 Å². The van der Waals surface area contributed by atoms with Gasteiger partial charge in [0.25, 0.3) is 5.91 Å². The van der Waals surface area contributed by atoms with E-state index in [1.54, 1.807) is 24.3 Å². The van der Waals surface area contributed by atoms with Crippen LogP contribution in [0.3, 0.4) is 0 Å². The summed E-state index contributed by atoms with van der Waals surface area (Å²) in [6.45, 7) is 3.74. The molecule has 2 aliphatic heterocycles. The van der Waals surface area contributed by atoms with Crippen LogP contribution in [0.5, 0.6) is 0 Å². The molecule has 0 aliphatic carbocycles. The smallest absolute Gasteiger partial charge is 0.251 e. The molecule has 3 heterocycles. The summed E-state index contributed by atoms with van der Waals surface area (Å²) >= 11 is 0. The number of nitrogens with one attached hydrogen (secondary N) is 1. The van der Waals surface area contributed by atoms with Gasteiger partial charge in [-0.2, -0.15) is 0 Å². The van der Waals surface area contributed by atoms with Crippen molar-refractivity contribution in [1.29, 1.82) is 0 Å². The summed E-state index contributed by atoms with van der Waals surface area (Å²) in [6, 6.07) is 7.10. The van der Waals surface area contributed by atoms with Crippen molar-refractivity contribution in [2.75, 3.05) is 37.7 Å². The van der Waals surface area contributed by atoms with E-state index in [2.05, 4.69) is 15.3 Å². The van der Waals surface area contributed by atoms with E-state index >= 15 is 0 Å². The Bertz CT molecular complexity index is 800. The highest BCUT2D eigenvalue weighted by Gasteiger charge is 2.20. The molecule has 1 N–H and O–H groups in total. The maximum absolute atomic E-state index is 14.1. The Hall–Kier alpha value is -2.54. The molecule has 1 atom stereocenters. The van der Waals surface area contributed by atoms with Crippen molar-refractivity contribution < 1.29 is 13.9 Å². The third-order valence-electron chi connectivity index (χ3n) is 5.11. The monoisotopic (exact) mass is 370 g/mol. The lowest BCUT2D eigenvalue weighted by molar-refractivity contribution is 0.0945. The molecule has 2 saturated heterocycles. The zero-order valence-corrected chi connectivity index (χ0v) is 15.2. The minimum atomic E-state index is -0.396. The number of hydrogen-bond acceptors (Lipinski definition) is 5. The maximum atomic E-state index is 14.1. The number of benzene rings is 1. The molecule has 0 radical (unpaired) electrons. The van der Waals surface area contributed by atoms with Gasteiger partial charge in [-0.05, 0) is 31.4 Å². The maximum Gasteiger partial charge on any atom is 0.251 e. The molecule has 1 aromatic heterocycles. The van der Waals surface area contributed by atoms with Gasteiger partial charge < -0.3 is 15.0 Å². The summed E-state index contributed by atoms with van der Waals surface area (Å²) in [7, 11) is 0. The number of amides is 1. The van der Waals surface area contributed by atoms with Crippen LogP contribution < -0.4 is 10.2 Å². The third-order valence-corrected chi connectivity index (χ3v) is 5.11. The van der Waals surface area contributed by atoms with Crippen molar-refractivity contribution in [2.45, 2.75) is 19.3 Å². The van der Waals surface area contributed by atoms with Crippen molar-refractivity contribution in [1.82, 2.24) is 15.3 Å². The Labute approximate surface area is 157 Å². The number of carbonyl (C=O) groups is 1. The molecule has 1 aromatic carbocycles. The molecule has 27 heavy (non-hydrogen) atoms. The van der Waals surface area contributed by atoms with Crippen LogP contribution in [0.25, 0.3) is 11.4 Å². The molecule has 2 fully saturated rings. The Balaban J connectivity index is 1.45. The van der Waals surface area contributed by atoms with Gasteiger partial charge in [0.2, 0.25) is 0 Å². The zero-order chi connectivity index (χ0) is 18.6. The summed E-state index contributed by atoms with van der Waals surface area (Å²) in [5.74, 6) is 0.718. The number of anilines is 1. The number of carbonyl (C=O) groups excluding carboxylic acids is 1. The SMILES string of the molecule is O=C(NC[C@@H]1CCOC1)c1ccc(-c2ncc(F)c(N3CCCC3)n2)cc1. The van der Waals surface area contributed by atoms with Crippen LogP contribution in [-0.4, -0.2) is 48.7 Å². The molecule has 7 heteroatoms. The fourth-order valence-electron chi connectivity index (χ4n) is 3.50. The van der Waals surface area contributed by atoms with E-state index in [1.165, 1.54) is 6.20 Å². The van der Waals surface area contributed by atoms with Gasteiger partial charge in [-0.3, -0.25) is 4.79 Å². The highest BCUT2D eigenvalue weighted by molar-refractivity contribution is 5.94. The molecule has 2 aliphatic rings. The average Bonchev–Trinajstić information content (AvgIpc) is 3.41. The summed E-state index contributed by atoms with van der Waals surface area (Å²) in [4.78, 5) is 22.8. The zero-order valence-electron chi connectivity index (χ0n) is 15.2. The van der Waals surface area contributed by atoms with E-state index in [-0.39, 0.29) is 5.91 Å². The number of halogens is 1. The first-order chi connectivity index (χ1) is 13.2. The van der Waals surface area contributed by atoms with Crippen molar-refractivity contribution in [3.05, 3.63) is 41.8 Å². The topological polar surface area (TPSA) is 67.3 Å². The summed E-state index contributed by atoms with van der Waals surface area (Å²) in [6.07, 6.45) is 4.31. The lowest BCUT2D eigenvalue weighted by atomic mass is 10.1. The standard InChI is InChI=1S/C20H23FN4O2/c21-17-12-22-18(24-19(17)25-8-1-2-9-25)15-3-5-16(6-4-15)20(26)23-11-14-7-10-27-13-14/h3-6,12,14H,1-2,7-11,13H2,(H,23,26)/t14-/m0/s1. The van der Waals surface area contributed by atoms with Crippen LogP contribution in [0.4, 0.5) is 10.2 Å². The predicted octanol–water partition coefficient (Wildman–Crippen LogP) is 2.65. The second-order valence-electron chi connectivity index (χ2n) is 7.08. The largest absolute Gasteiger partial charge is 0.381 e. The molecule has 0 saturated carbocycles. The fourth-order valence-corrected chi connectivity index (χ4v) is 3.50. The lowest BCUT2D eigenvalue weighted by Crippen LogP contribution is -2.29. The minimum absolute atomic E-state index is 0.105. The van der Waals surface area contributed by atoms with E-state index in [1.807, 2.05) is 4.90 Å². The Morgan fingerprint density at radius 3 is 2.74 bits per heavy atom. The molecule has 4 rings (SSSR count). The first kappa shape index (κ1) is 17.9. The van der Waals surface area contributed by atoms with Crippen LogP contribution in [-0.2, 0) is 4.74 Å². The van der Waals surface area contributed by atoms with Crippen LogP contribution in [0.2, 0.25) is 0 Å². The summed E-state index contributed by atoms with van der Waals surface area (Å²) < 4.78 is 19.4. The number of rotatable bonds is 5. The number of aromatic nitrogens is 2. The summed E-state index contributed by atoms with van der Waals surface area (Å²) in [5.41, 5.74) is 1.34. The van der Waals surface area contributed by atoms with Crippen LogP contribution in [0, 0.1) is 11.7 Å². The Morgan fingerprint density at radius 1 is 1.26 bits per heavy atom. The lowest BCUT2D eigenvalue weighted by Gasteiger charge is -2.17. The Kier molecular flexibility index (Phi) is 5.29. The van der Waals surface area contributed by atoms with Gasteiger partial charge in [0.05, 0.1) is 12.8 Å². The first-order valence-electron chi connectivity index (χ1n) is 9.44. The van der Waals surface area contributed by atoms with E-state index in [0.717, 1.165) is 44.5 Å². The van der Waals surface area contributed by atoms with Gasteiger partial charge in [-0.25, -0.2) is 14.4 Å². The Morgan fingerprint density at radius 2 is 2.04 bits per heavy atom. The van der Waals surface area contributed by atoms with Crippen molar-refractivity contribution >= 4 is 11.7 Å². The van der Waals surface area contributed by atoms with E-state index in [4.69, 9.17) is 4.74 Å². The van der Waals surface area contributed by atoms with E-state index in [0.29, 0.717) is 36.3 Å². The van der Waals surface area contributed by atoms with E-state index < -0.39 is 5.82 Å². The predicted molar refractivity (Wildman–Crippen MR) is 100 cm³/mol. The molecule has 0 spiro atoms. The van der Waals surface area contributed by atoms with Crippen molar-refractivity contribution in [2.24, 2.45) is 5.92 Å². The molecular formula is C20H23FN4O2. The quantitative estimate of drug-likeness (QED) is 0.876. The van der Waals surface area contributed by atoms with Crippen LogP contribution in [0.1, 0.15) is 29.6 Å². The molecule has 2 aromatic rings. The third kappa shape index (κ3) is 4.08. The van der Waals surface area contributed by atoms with Gasteiger partial charge in [0.1, 0.15) is 0 Å². The fraction of sp³-hybridized carbons (Fsp3) is 0.450. The average molecular weight is 370 g/mol. The van der Waals surface area contributed by atoms with Gasteiger partial charge in [0.15, 0.2) is 17.5 Å².